The molecule has 0 aliphatic heterocycles. The Balaban J connectivity index is 1.80. The van der Waals surface area contributed by atoms with Gasteiger partial charge in [0.05, 0.1) is 22.6 Å². The first kappa shape index (κ1) is 17.9. The molecule has 26 heavy (non-hydrogen) atoms. The Morgan fingerprint density at radius 2 is 2.12 bits per heavy atom. The van der Waals surface area contributed by atoms with Crippen LogP contribution in [-0.4, -0.2) is 21.2 Å². The van der Waals surface area contributed by atoms with Crippen LogP contribution in [0.3, 0.4) is 0 Å². The fourth-order valence-corrected chi connectivity index (χ4v) is 2.87. The molecule has 1 atom stereocenters. The Labute approximate surface area is 154 Å². The molecule has 1 amide bonds. The Hall–Kier alpha value is -2.88. The van der Waals surface area contributed by atoms with Crippen molar-refractivity contribution in [2.45, 2.75) is 19.1 Å². The molecule has 0 aliphatic rings. The molecular weight excluding hydrogens is 357 g/mol. The second kappa shape index (κ2) is 6.79. The van der Waals surface area contributed by atoms with Gasteiger partial charge >= 0.3 is 0 Å². The van der Waals surface area contributed by atoms with Gasteiger partial charge in [0.1, 0.15) is 11.9 Å². The summed E-state index contributed by atoms with van der Waals surface area (Å²) < 4.78 is 15.1. The fraction of sp³-hybridized carbons (Fsp3) is 0.158. The van der Waals surface area contributed by atoms with Crippen molar-refractivity contribution in [2.75, 3.05) is 5.32 Å². The third kappa shape index (κ3) is 3.54. The lowest BCUT2D eigenvalue weighted by Gasteiger charge is -2.23. The molecule has 0 saturated heterocycles. The summed E-state index contributed by atoms with van der Waals surface area (Å²) in [5.41, 5.74) is -0.516. The molecule has 1 aromatic heterocycles. The van der Waals surface area contributed by atoms with Crippen LogP contribution in [0.1, 0.15) is 12.5 Å². The van der Waals surface area contributed by atoms with Crippen LogP contribution >= 0.6 is 11.6 Å². The number of anilines is 1. The molecule has 3 rings (SSSR count). The Kier molecular flexibility index (Phi) is 4.68. The van der Waals surface area contributed by atoms with E-state index in [4.69, 9.17) is 16.9 Å². The Morgan fingerprint density at radius 1 is 1.35 bits per heavy atom. The molecule has 132 valence electrons. The smallest absolute Gasteiger partial charge is 0.257 e. The zero-order valence-corrected chi connectivity index (χ0v) is 14.6. The van der Waals surface area contributed by atoms with Crippen molar-refractivity contribution in [1.82, 2.24) is 4.57 Å². The number of amides is 1. The summed E-state index contributed by atoms with van der Waals surface area (Å²) in [5.74, 6) is -1.04. The molecule has 0 unspecified atom stereocenters. The molecule has 0 radical (unpaired) electrons. The van der Waals surface area contributed by atoms with Gasteiger partial charge in [0, 0.05) is 11.9 Å². The van der Waals surface area contributed by atoms with Crippen LogP contribution in [0.4, 0.5) is 10.1 Å². The number of aromatic nitrogens is 1. The predicted octanol–water partition coefficient (Wildman–Crippen LogP) is 3.70. The number of hydrogen-bond acceptors (Lipinski definition) is 3. The lowest BCUT2D eigenvalue weighted by atomic mass is 10.1. The van der Waals surface area contributed by atoms with Gasteiger partial charge < -0.3 is 15.0 Å². The summed E-state index contributed by atoms with van der Waals surface area (Å²) in [4.78, 5) is 12.5. The number of rotatable bonds is 4. The van der Waals surface area contributed by atoms with Crippen molar-refractivity contribution < 1.29 is 14.3 Å². The number of aliphatic hydroxyl groups is 1. The van der Waals surface area contributed by atoms with E-state index in [1.807, 2.05) is 6.07 Å². The van der Waals surface area contributed by atoms with E-state index in [1.54, 1.807) is 22.9 Å². The molecule has 0 fully saturated rings. The lowest BCUT2D eigenvalue weighted by molar-refractivity contribution is -0.133. The molecular formula is C19H15ClFN3O2. The third-order valence-corrected chi connectivity index (χ3v) is 4.36. The van der Waals surface area contributed by atoms with E-state index in [0.29, 0.717) is 11.2 Å². The zero-order chi connectivity index (χ0) is 18.9. The number of benzene rings is 2. The zero-order valence-electron chi connectivity index (χ0n) is 13.8. The van der Waals surface area contributed by atoms with Crippen LogP contribution in [-0.2, 0) is 11.3 Å². The van der Waals surface area contributed by atoms with Crippen LogP contribution in [0.5, 0.6) is 0 Å². The van der Waals surface area contributed by atoms with Gasteiger partial charge in [0.15, 0.2) is 5.60 Å². The van der Waals surface area contributed by atoms with Crippen LogP contribution in [0.2, 0.25) is 5.02 Å². The standard InChI is InChI=1S/C19H15ClFN3O2/c1-19(26,11-24-7-6-12-2-4-14(21)8-17(12)24)18(25)23-15-5-3-13(10-22)16(20)9-15/h2-9,26H,11H2,1H3,(H,23,25)/t19-/m0/s1. The quantitative estimate of drug-likeness (QED) is 0.734. The monoisotopic (exact) mass is 371 g/mol. The molecule has 2 N–H and O–H groups in total. The van der Waals surface area contributed by atoms with E-state index in [2.05, 4.69) is 5.32 Å². The van der Waals surface area contributed by atoms with Crippen molar-refractivity contribution in [1.29, 1.82) is 5.26 Å². The SMILES string of the molecule is C[C@](O)(Cn1ccc2ccc(F)cc21)C(=O)Nc1ccc(C#N)c(Cl)c1. The number of hydrogen-bond donors (Lipinski definition) is 2. The highest BCUT2D eigenvalue weighted by Crippen LogP contribution is 2.23. The van der Waals surface area contributed by atoms with E-state index < -0.39 is 17.3 Å². The Morgan fingerprint density at radius 3 is 2.81 bits per heavy atom. The van der Waals surface area contributed by atoms with Crippen molar-refractivity contribution in [3.63, 3.8) is 0 Å². The van der Waals surface area contributed by atoms with Gasteiger partial charge in [-0.15, -0.1) is 0 Å². The number of carbonyl (C=O) groups excluding carboxylic acids is 1. The highest BCUT2D eigenvalue weighted by molar-refractivity contribution is 6.32. The first-order valence-electron chi connectivity index (χ1n) is 7.78. The average Bonchev–Trinajstić information content (AvgIpc) is 2.96. The van der Waals surface area contributed by atoms with Crippen LogP contribution in [0.25, 0.3) is 10.9 Å². The molecule has 5 nitrogen and oxygen atoms in total. The van der Waals surface area contributed by atoms with Crippen molar-refractivity contribution in [2.24, 2.45) is 0 Å². The highest BCUT2D eigenvalue weighted by Gasteiger charge is 2.31. The van der Waals surface area contributed by atoms with E-state index in [0.717, 1.165) is 5.39 Å². The minimum atomic E-state index is -1.75. The minimum Gasteiger partial charge on any atom is -0.378 e. The molecule has 1 heterocycles. The minimum absolute atomic E-state index is 0.0597. The summed E-state index contributed by atoms with van der Waals surface area (Å²) in [7, 11) is 0. The average molecular weight is 372 g/mol. The first-order chi connectivity index (χ1) is 12.3. The predicted molar refractivity (Wildman–Crippen MR) is 97.3 cm³/mol. The molecule has 0 bridgehead atoms. The second-order valence-corrected chi connectivity index (χ2v) is 6.59. The van der Waals surface area contributed by atoms with E-state index in [9.17, 15) is 14.3 Å². The molecule has 0 spiro atoms. The molecule has 2 aromatic carbocycles. The number of halogens is 2. The van der Waals surface area contributed by atoms with E-state index in [1.165, 1.54) is 37.3 Å². The van der Waals surface area contributed by atoms with Gasteiger partial charge in [0.2, 0.25) is 0 Å². The lowest BCUT2D eigenvalue weighted by Crippen LogP contribution is -2.43. The van der Waals surface area contributed by atoms with Gasteiger partial charge in [-0.25, -0.2) is 4.39 Å². The largest absolute Gasteiger partial charge is 0.378 e. The molecule has 0 aliphatic carbocycles. The van der Waals surface area contributed by atoms with Crippen molar-refractivity contribution in [3.05, 3.63) is 65.1 Å². The van der Waals surface area contributed by atoms with Gasteiger partial charge in [-0.2, -0.15) is 5.26 Å². The number of nitrogens with zero attached hydrogens (tertiary/aromatic N) is 2. The molecule has 7 heteroatoms. The number of nitrogens with one attached hydrogen (secondary N) is 1. The summed E-state index contributed by atoms with van der Waals surface area (Å²) in [6, 6.07) is 12.5. The summed E-state index contributed by atoms with van der Waals surface area (Å²) in [6.07, 6.45) is 1.68. The number of fused-ring (bicyclic) bond motifs is 1. The summed E-state index contributed by atoms with van der Waals surface area (Å²) in [6.45, 7) is 1.31. The Bertz CT molecular complexity index is 1040. The van der Waals surface area contributed by atoms with Gasteiger partial charge in [0.25, 0.3) is 5.91 Å². The van der Waals surface area contributed by atoms with Crippen LogP contribution in [0, 0.1) is 17.1 Å². The number of nitriles is 1. The van der Waals surface area contributed by atoms with Crippen LogP contribution in [0.15, 0.2) is 48.7 Å². The molecule has 0 saturated carbocycles. The molecule has 3 aromatic rings. The maximum absolute atomic E-state index is 13.5. The first-order valence-corrected chi connectivity index (χ1v) is 8.16. The maximum Gasteiger partial charge on any atom is 0.257 e. The fourth-order valence-electron chi connectivity index (χ4n) is 2.65. The summed E-state index contributed by atoms with van der Waals surface area (Å²) in [5, 5.41) is 23.1. The van der Waals surface area contributed by atoms with Gasteiger partial charge in [-0.3, -0.25) is 4.79 Å². The van der Waals surface area contributed by atoms with Gasteiger partial charge in [-0.1, -0.05) is 11.6 Å². The summed E-state index contributed by atoms with van der Waals surface area (Å²) >= 11 is 5.95. The van der Waals surface area contributed by atoms with Gasteiger partial charge in [-0.05, 0) is 54.8 Å². The van der Waals surface area contributed by atoms with E-state index in [-0.39, 0.29) is 17.1 Å². The topological polar surface area (TPSA) is 78.1 Å². The highest BCUT2D eigenvalue weighted by atomic mass is 35.5. The van der Waals surface area contributed by atoms with E-state index >= 15 is 0 Å². The van der Waals surface area contributed by atoms with Crippen molar-refractivity contribution >= 4 is 34.1 Å². The van der Waals surface area contributed by atoms with Crippen LogP contribution < -0.4 is 5.32 Å². The second-order valence-electron chi connectivity index (χ2n) is 6.18. The third-order valence-electron chi connectivity index (χ3n) is 4.05. The van der Waals surface area contributed by atoms with Crippen molar-refractivity contribution in [3.8, 4) is 6.07 Å². The number of carbonyl (C=O) groups is 1. The maximum atomic E-state index is 13.5. The normalized spacial score (nSPS) is 13.2.